The van der Waals surface area contributed by atoms with E-state index in [1.54, 1.807) is 7.11 Å². The number of unbranched alkanes of at least 4 members (excludes halogenated alkanes) is 1. The summed E-state index contributed by atoms with van der Waals surface area (Å²) in [5.41, 5.74) is 2.70. The van der Waals surface area contributed by atoms with Gasteiger partial charge in [-0.3, -0.25) is 14.4 Å². The number of H-pyrrole nitrogens is 1. The Bertz CT molecular complexity index is 1150. The number of benzene rings is 1. The lowest BCUT2D eigenvalue weighted by molar-refractivity contribution is -0.154. The fourth-order valence-electron chi connectivity index (χ4n) is 5.38. The molecule has 3 N–H and O–H groups in total. The van der Waals surface area contributed by atoms with Gasteiger partial charge < -0.3 is 25.3 Å². The Labute approximate surface area is 213 Å². The monoisotopic (exact) mass is 496 g/mol. The molecule has 2 aromatic rings. The summed E-state index contributed by atoms with van der Waals surface area (Å²) >= 11 is 0. The number of aromatic nitrogens is 1. The number of fused-ring (bicyclic) bond motifs is 4. The molecular formula is C28H40N4O4. The first-order valence-corrected chi connectivity index (χ1v) is 13.1. The van der Waals surface area contributed by atoms with Crippen molar-refractivity contribution >= 4 is 28.6 Å². The van der Waals surface area contributed by atoms with Crippen molar-refractivity contribution in [2.24, 2.45) is 11.3 Å². The van der Waals surface area contributed by atoms with Crippen molar-refractivity contribution in [2.75, 3.05) is 13.7 Å². The molecule has 0 bridgehead atoms. The van der Waals surface area contributed by atoms with Gasteiger partial charge in [0, 0.05) is 41.0 Å². The van der Waals surface area contributed by atoms with Crippen LogP contribution in [0, 0.1) is 11.3 Å². The number of piperazine rings is 1. The van der Waals surface area contributed by atoms with Crippen molar-refractivity contribution in [1.82, 2.24) is 20.5 Å². The van der Waals surface area contributed by atoms with Gasteiger partial charge in [-0.1, -0.05) is 34.6 Å². The van der Waals surface area contributed by atoms with Crippen LogP contribution in [0.2, 0.25) is 0 Å². The Morgan fingerprint density at radius 3 is 2.64 bits per heavy atom. The molecule has 1 aromatic carbocycles. The zero-order valence-electron chi connectivity index (χ0n) is 22.4. The van der Waals surface area contributed by atoms with Gasteiger partial charge in [0.05, 0.1) is 13.2 Å². The van der Waals surface area contributed by atoms with E-state index in [0.717, 1.165) is 47.2 Å². The summed E-state index contributed by atoms with van der Waals surface area (Å²) in [5, 5.41) is 7.04. The predicted molar refractivity (Wildman–Crippen MR) is 140 cm³/mol. The number of methoxy groups -OCH3 is 1. The Kier molecular flexibility index (Phi) is 7.34. The minimum absolute atomic E-state index is 0.00846. The van der Waals surface area contributed by atoms with Crippen molar-refractivity contribution in [3.05, 3.63) is 29.5 Å². The molecule has 0 saturated carbocycles. The zero-order valence-corrected chi connectivity index (χ0v) is 22.4. The highest BCUT2D eigenvalue weighted by molar-refractivity contribution is 5.99. The largest absolute Gasteiger partial charge is 0.497 e. The van der Waals surface area contributed by atoms with Crippen LogP contribution in [0.4, 0.5) is 0 Å². The topological polar surface area (TPSA) is 104 Å². The number of carbonyl (C=O) groups is 3. The van der Waals surface area contributed by atoms with E-state index in [9.17, 15) is 14.4 Å². The molecule has 3 amide bonds. The first kappa shape index (κ1) is 26.0. The van der Waals surface area contributed by atoms with Crippen LogP contribution in [-0.2, 0) is 20.8 Å². The third kappa shape index (κ3) is 5.08. The van der Waals surface area contributed by atoms with Crippen LogP contribution in [0.1, 0.15) is 77.6 Å². The Hall–Kier alpha value is -3.03. The van der Waals surface area contributed by atoms with Crippen molar-refractivity contribution in [1.29, 1.82) is 0 Å². The second-order valence-corrected chi connectivity index (χ2v) is 11.6. The van der Waals surface area contributed by atoms with Crippen molar-refractivity contribution < 1.29 is 19.1 Å². The van der Waals surface area contributed by atoms with Gasteiger partial charge >= 0.3 is 0 Å². The zero-order chi connectivity index (χ0) is 26.2. The van der Waals surface area contributed by atoms with Crippen LogP contribution in [0.15, 0.2) is 18.2 Å². The van der Waals surface area contributed by atoms with E-state index in [4.69, 9.17) is 4.74 Å². The van der Waals surface area contributed by atoms with Crippen LogP contribution in [0.25, 0.3) is 10.9 Å². The summed E-state index contributed by atoms with van der Waals surface area (Å²) in [6.45, 7) is 10.5. The van der Waals surface area contributed by atoms with E-state index >= 15 is 0 Å². The van der Waals surface area contributed by atoms with Gasteiger partial charge in [0.2, 0.25) is 17.7 Å². The summed E-state index contributed by atoms with van der Waals surface area (Å²) in [6, 6.07) is 4.73. The molecule has 1 saturated heterocycles. The molecule has 0 aliphatic carbocycles. The fraction of sp³-hybridized carbons (Fsp3) is 0.607. The van der Waals surface area contributed by atoms with E-state index in [0.29, 0.717) is 25.3 Å². The third-order valence-corrected chi connectivity index (χ3v) is 7.30. The van der Waals surface area contributed by atoms with Gasteiger partial charge in [-0.15, -0.1) is 0 Å². The van der Waals surface area contributed by atoms with Crippen LogP contribution in [0.5, 0.6) is 5.75 Å². The number of hydrogen-bond acceptors (Lipinski definition) is 4. The third-order valence-electron chi connectivity index (χ3n) is 7.30. The molecule has 8 heteroatoms. The molecule has 8 nitrogen and oxygen atoms in total. The molecular weight excluding hydrogens is 456 g/mol. The minimum Gasteiger partial charge on any atom is -0.497 e. The summed E-state index contributed by atoms with van der Waals surface area (Å²) in [6.07, 6.45) is 3.34. The first-order chi connectivity index (χ1) is 17.0. The van der Waals surface area contributed by atoms with Crippen molar-refractivity contribution in [2.45, 2.75) is 84.8 Å². The van der Waals surface area contributed by atoms with Crippen LogP contribution >= 0.6 is 0 Å². The average Bonchev–Trinajstić information content (AvgIpc) is 3.18. The van der Waals surface area contributed by atoms with E-state index < -0.39 is 17.5 Å². The highest BCUT2D eigenvalue weighted by Crippen LogP contribution is 2.42. The molecule has 196 valence electrons. The molecule has 1 fully saturated rings. The number of ether oxygens (including phenoxy) is 1. The summed E-state index contributed by atoms with van der Waals surface area (Å²) in [7, 11) is 1.65. The van der Waals surface area contributed by atoms with Crippen molar-refractivity contribution in [3.63, 3.8) is 0 Å². The highest BCUT2D eigenvalue weighted by Gasteiger charge is 2.48. The SMILES string of the molecule is COc1ccc2c3c([nH]c2c1)C(CC(C)C)N1C(=O)[C@H](CCCCNC(=O)C(C)(C)C)NC(=O)[C@@H]1C3. The predicted octanol–water partition coefficient (Wildman–Crippen LogP) is 3.85. The van der Waals surface area contributed by atoms with Gasteiger partial charge in [0.25, 0.3) is 0 Å². The van der Waals surface area contributed by atoms with Gasteiger partial charge in [-0.05, 0) is 49.3 Å². The van der Waals surface area contributed by atoms with Gasteiger partial charge in [-0.25, -0.2) is 0 Å². The van der Waals surface area contributed by atoms with E-state index in [1.807, 2.05) is 43.9 Å². The quantitative estimate of drug-likeness (QED) is 0.483. The smallest absolute Gasteiger partial charge is 0.246 e. The molecule has 1 unspecified atom stereocenters. The number of amides is 3. The number of carbonyl (C=O) groups excluding carboxylic acids is 3. The summed E-state index contributed by atoms with van der Waals surface area (Å²) in [4.78, 5) is 44.5. The van der Waals surface area contributed by atoms with Gasteiger partial charge in [-0.2, -0.15) is 0 Å². The average molecular weight is 497 g/mol. The summed E-state index contributed by atoms with van der Waals surface area (Å²) < 4.78 is 5.40. The van der Waals surface area contributed by atoms with Crippen LogP contribution in [0.3, 0.4) is 0 Å². The second kappa shape index (κ2) is 10.1. The number of hydrogen-bond donors (Lipinski definition) is 3. The van der Waals surface area contributed by atoms with Gasteiger partial charge in [0.1, 0.15) is 17.8 Å². The lowest BCUT2D eigenvalue weighted by Crippen LogP contribution is -2.65. The maximum Gasteiger partial charge on any atom is 0.246 e. The Morgan fingerprint density at radius 1 is 1.22 bits per heavy atom. The first-order valence-electron chi connectivity index (χ1n) is 13.1. The maximum atomic E-state index is 13.7. The number of rotatable bonds is 8. The number of nitrogens with zero attached hydrogens (tertiary/aromatic N) is 1. The molecule has 3 atom stereocenters. The minimum atomic E-state index is -0.534. The molecule has 3 heterocycles. The lowest BCUT2D eigenvalue weighted by Gasteiger charge is -2.47. The van der Waals surface area contributed by atoms with E-state index in [-0.39, 0.29) is 23.8 Å². The molecule has 0 radical (unpaired) electrons. The lowest BCUT2D eigenvalue weighted by atomic mass is 9.85. The number of nitrogens with one attached hydrogen (secondary N) is 3. The Balaban J connectivity index is 1.52. The maximum absolute atomic E-state index is 13.7. The van der Waals surface area contributed by atoms with Crippen LogP contribution < -0.4 is 15.4 Å². The molecule has 36 heavy (non-hydrogen) atoms. The highest BCUT2D eigenvalue weighted by atomic mass is 16.5. The van der Waals surface area contributed by atoms with Gasteiger partial charge in [0.15, 0.2) is 0 Å². The fourth-order valence-corrected chi connectivity index (χ4v) is 5.38. The summed E-state index contributed by atoms with van der Waals surface area (Å²) in [5.74, 6) is 1.05. The standard InChI is InChI=1S/C28H40N4O4/c1-16(2)13-22-24-19(18-11-10-17(36-6)14-21(18)30-24)15-23-25(33)31-20(26(34)32(22)23)9-7-8-12-29-27(35)28(3,4)5/h10-11,14,16,20,22-23,30H,7-9,12-13,15H2,1-6H3,(H,29,35)(H,31,33)/t20-,22?,23-/m0/s1. The number of aromatic amines is 1. The second-order valence-electron chi connectivity index (χ2n) is 11.6. The van der Waals surface area contributed by atoms with E-state index in [1.165, 1.54) is 0 Å². The Morgan fingerprint density at radius 2 is 1.97 bits per heavy atom. The van der Waals surface area contributed by atoms with Crippen molar-refractivity contribution in [3.8, 4) is 5.75 Å². The molecule has 2 aliphatic rings. The van der Waals surface area contributed by atoms with Crippen LogP contribution in [-0.4, -0.2) is 53.3 Å². The molecule has 2 aliphatic heterocycles. The molecule has 1 aromatic heterocycles. The normalized spacial score (nSPS) is 21.9. The molecule has 4 rings (SSSR count). The molecule has 0 spiro atoms. The van der Waals surface area contributed by atoms with E-state index in [2.05, 4.69) is 29.5 Å².